The third kappa shape index (κ3) is 3.48. The van der Waals surface area contributed by atoms with Crippen LogP contribution in [0, 0.1) is 5.82 Å². The number of hydrogen-bond donors (Lipinski definition) is 0. The largest absolute Gasteiger partial charge is 0.454 e. The number of nitrogens with zero attached hydrogens (tertiary/aromatic N) is 2. The van der Waals surface area contributed by atoms with E-state index in [1.54, 1.807) is 36.5 Å². The fourth-order valence-corrected chi connectivity index (χ4v) is 3.05. The summed E-state index contributed by atoms with van der Waals surface area (Å²) in [5.74, 6) is 1.38. The summed E-state index contributed by atoms with van der Waals surface area (Å²) >= 11 is 0. The SMILES string of the molecule is Fc1ccccc1-c1nc2cc(N=C/C=C/c3ccc4c(c3)OCO4)ccc2o1. The van der Waals surface area contributed by atoms with E-state index in [-0.39, 0.29) is 18.5 Å². The molecule has 1 aromatic heterocycles. The Labute approximate surface area is 165 Å². The number of aliphatic imine (C=N–C) groups is 1. The number of hydrogen-bond acceptors (Lipinski definition) is 5. The first-order chi connectivity index (χ1) is 14.3. The first kappa shape index (κ1) is 17.2. The molecule has 1 aliphatic heterocycles. The number of oxazole rings is 1. The molecule has 0 N–H and O–H groups in total. The number of aromatic nitrogens is 1. The third-order valence-electron chi connectivity index (χ3n) is 4.47. The zero-order valence-corrected chi connectivity index (χ0v) is 15.2. The summed E-state index contributed by atoms with van der Waals surface area (Å²) in [6.45, 7) is 0.257. The van der Waals surface area contributed by atoms with Crippen LogP contribution < -0.4 is 9.47 Å². The molecule has 0 atom stereocenters. The highest BCUT2D eigenvalue weighted by Gasteiger charge is 2.13. The summed E-state index contributed by atoms with van der Waals surface area (Å²) in [6.07, 6.45) is 5.47. The van der Waals surface area contributed by atoms with Gasteiger partial charge in [-0.1, -0.05) is 24.3 Å². The van der Waals surface area contributed by atoms with Crippen molar-refractivity contribution in [2.45, 2.75) is 0 Å². The number of benzene rings is 3. The highest BCUT2D eigenvalue weighted by molar-refractivity contribution is 5.84. The normalized spacial score (nSPS) is 13.1. The van der Waals surface area contributed by atoms with E-state index in [1.807, 2.05) is 36.4 Å². The van der Waals surface area contributed by atoms with Gasteiger partial charge in [-0.05, 0) is 54.1 Å². The van der Waals surface area contributed by atoms with Crippen molar-refractivity contribution >= 4 is 29.1 Å². The molecule has 29 heavy (non-hydrogen) atoms. The first-order valence-corrected chi connectivity index (χ1v) is 9.02. The quantitative estimate of drug-likeness (QED) is 0.417. The van der Waals surface area contributed by atoms with Crippen LogP contribution in [0.15, 0.2) is 76.1 Å². The van der Waals surface area contributed by atoms with Crippen molar-refractivity contribution in [3.05, 3.63) is 78.1 Å². The molecule has 5 rings (SSSR count). The van der Waals surface area contributed by atoms with Crippen LogP contribution in [0.1, 0.15) is 5.56 Å². The standard InChI is InChI=1S/C23H15FN2O3/c24-18-6-2-1-5-17(18)23-26-19-13-16(8-10-20(19)29-23)25-11-3-4-15-7-9-21-22(12-15)28-14-27-21/h1-13H,14H2/b4-3+,25-11?. The van der Waals surface area contributed by atoms with Crippen LogP contribution in [0.3, 0.4) is 0 Å². The van der Waals surface area contributed by atoms with Gasteiger partial charge in [0.2, 0.25) is 12.7 Å². The van der Waals surface area contributed by atoms with Crippen LogP contribution >= 0.6 is 0 Å². The number of ether oxygens (including phenoxy) is 2. The van der Waals surface area contributed by atoms with Crippen molar-refractivity contribution < 1.29 is 18.3 Å². The Hall–Kier alpha value is -3.93. The lowest BCUT2D eigenvalue weighted by Gasteiger charge is -1.96. The molecule has 0 aliphatic carbocycles. The van der Waals surface area contributed by atoms with E-state index < -0.39 is 0 Å². The van der Waals surface area contributed by atoms with Crippen molar-refractivity contribution in [3.63, 3.8) is 0 Å². The Morgan fingerprint density at radius 3 is 2.79 bits per heavy atom. The van der Waals surface area contributed by atoms with Crippen molar-refractivity contribution in [2.75, 3.05) is 6.79 Å². The van der Waals surface area contributed by atoms with Gasteiger partial charge in [-0.3, -0.25) is 4.99 Å². The lowest BCUT2D eigenvalue weighted by molar-refractivity contribution is 0.174. The van der Waals surface area contributed by atoms with Crippen LogP contribution in [-0.4, -0.2) is 18.0 Å². The van der Waals surface area contributed by atoms with Crippen LogP contribution in [0.2, 0.25) is 0 Å². The second-order valence-electron chi connectivity index (χ2n) is 6.40. The summed E-state index contributed by atoms with van der Waals surface area (Å²) in [6, 6.07) is 17.5. The molecule has 0 bridgehead atoms. The zero-order chi connectivity index (χ0) is 19.6. The van der Waals surface area contributed by atoms with Gasteiger partial charge in [0.05, 0.1) is 11.3 Å². The minimum atomic E-state index is -0.369. The van der Waals surface area contributed by atoms with E-state index >= 15 is 0 Å². The maximum absolute atomic E-state index is 14.0. The molecule has 3 aromatic carbocycles. The minimum absolute atomic E-state index is 0.252. The van der Waals surface area contributed by atoms with Crippen molar-refractivity contribution in [2.24, 2.45) is 4.99 Å². The smallest absolute Gasteiger partial charge is 0.231 e. The summed E-state index contributed by atoms with van der Waals surface area (Å²) in [5, 5.41) is 0. The molecule has 2 heterocycles. The van der Waals surface area contributed by atoms with Gasteiger partial charge in [-0.15, -0.1) is 0 Å². The lowest BCUT2D eigenvalue weighted by atomic mass is 10.2. The van der Waals surface area contributed by atoms with Gasteiger partial charge < -0.3 is 13.9 Å². The van der Waals surface area contributed by atoms with E-state index in [2.05, 4.69) is 9.98 Å². The minimum Gasteiger partial charge on any atom is -0.454 e. The molecule has 5 nitrogen and oxygen atoms in total. The second kappa shape index (κ2) is 7.24. The molecule has 0 saturated carbocycles. The molecule has 1 aliphatic rings. The molecule has 0 spiro atoms. The molecule has 4 aromatic rings. The maximum atomic E-state index is 14.0. The van der Waals surface area contributed by atoms with E-state index in [0.29, 0.717) is 16.7 Å². The van der Waals surface area contributed by atoms with Crippen LogP contribution in [-0.2, 0) is 0 Å². The second-order valence-corrected chi connectivity index (χ2v) is 6.40. The highest BCUT2D eigenvalue weighted by Crippen LogP contribution is 2.33. The summed E-state index contributed by atoms with van der Waals surface area (Å²) < 4.78 is 30.3. The van der Waals surface area contributed by atoms with Gasteiger partial charge in [-0.2, -0.15) is 0 Å². The van der Waals surface area contributed by atoms with E-state index in [9.17, 15) is 4.39 Å². The van der Waals surface area contributed by atoms with Crippen molar-refractivity contribution in [1.29, 1.82) is 0 Å². The molecule has 6 heteroatoms. The maximum Gasteiger partial charge on any atom is 0.231 e. The van der Waals surface area contributed by atoms with E-state index in [1.165, 1.54) is 6.07 Å². The number of allylic oxidation sites excluding steroid dienone is 1. The van der Waals surface area contributed by atoms with Gasteiger partial charge in [-0.25, -0.2) is 9.37 Å². The number of halogens is 1. The number of fused-ring (bicyclic) bond motifs is 2. The van der Waals surface area contributed by atoms with Gasteiger partial charge >= 0.3 is 0 Å². The monoisotopic (exact) mass is 386 g/mol. The highest BCUT2D eigenvalue weighted by atomic mass is 19.1. The average molecular weight is 386 g/mol. The Kier molecular flexibility index (Phi) is 4.29. The average Bonchev–Trinajstić information content (AvgIpc) is 3.37. The first-order valence-electron chi connectivity index (χ1n) is 9.02. The van der Waals surface area contributed by atoms with Crippen molar-refractivity contribution in [3.8, 4) is 23.0 Å². The topological polar surface area (TPSA) is 56.9 Å². The Morgan fingerprint density at radius 1 is 0.966 bits per heavy atom. The van der Waals surface area contributed by atoms with Gasteiger partial charge in [0, 0.05) is 6.21 Å². The van der Waals surface area contributed by atoms with Crippen LogP contribution in [0.5, 0.6) is 11.5 Å². The van der Waals surface area contributed by atoms with E-state index in [0.717, 1.165) is 22.7 Å². The summed E-state index contributed by atoms with van der Waals surface area (Å²) in [4.78, 5) is 8.81. The summed E-state index contributed by atoms with van der Waals surface area (Å²) in [7, 11) is 0. The molecular weight excluding hydrogens is 371 g/mol. The zero-order valence-electron chi connectivity index (χ0n) is 15.2. The molecule has 0 unspecified atom stereocenters. The lowest BCUT2D eigenvalue weighted by Crippen LogP contribution is -1.92. The Balaban J connectivity index is 1.34. The number of rotatable bonds is 4. The molecular formula is C23H15FN2O3. The molecule has 142 valence electrons. The molecule has 0 saturated heterocycles. The fraction of sp³-hybridized carbons (Fsp3) is 0.0435. The Morgan fingerprint density at radius 2 is 1.86 bits per heavy atom. The van der Waals surface area contributed by atoms with E-state index in [4.69, 9.17) is 13.9 Å². The molecule has 0 amide bonds. The predicted octanol–water partition coefficient (Wildman–Crippen LogP) is 5.78. The Bertz CT molecular complexity index is 1260. The van der Waals surface area contributed by atoms with Crippen molar-refractivity contribution in [1.82, 2.24) is 4.98 Å². The van der Waals surface area contributed by atoms with Gasteiger partial charge in [0.1, 0.15) is 11.3 Å². The predicted molar refractivity (Wildman–Crippen MR) is 109 cm³/mol. The van der Waals surface area contributed by atoms with Gasteiger partial charge in [0.25, 0.3) is 0 Å². The fourth-order valence-electron chi connectivity index (χ4n) is 3.05. The van der Waals surface area contributed by atoms with Crippen LogP contribution in [0.25, 0.3) is 28.6 Å². The summed E-state index contributed by atoms with van der Waals surface area (Å²) in [5.41, 5.74) is 3.25. The van der Waals surface area contributed by atoms with Crippen LogP contribution in [0.4, 0.5) is 10.1 Å². The molecule has 0 fully saturated rings. The third-order valence-corrected chi connectivity index (χ3v) is 4.47. The molecule has 0 radical (unpaired) electrons. The van der Waals surface area contributed by atoms with Gasteiger partial charge in [0.15, 0.2) is 17.1 Å².